The van der Waals surface area contributed by atoms with Crippen LogP contribution in [0.5, 0.6) is 0 Å². The summed E-state index contributed by atoms with van der Waals surface area (Å²) in [6, 6.07) is 11.9. The molecule has 1 saturated heterocycles. The van der Waals surface area contributed by atoms with Crippen molar-refractivity contribution in [3.8, 4) is 0 Å². The van der Waals surface area contributed by atoms with Gasteiger partial charge in [-0.2, -0.15) is 0 Å². The van der Waals surface area contributed by atoms with Crippen molar-refractivity contribution < 1.29 is 22.4 Å². The van der Waals surface area contributed by atoms with Crippen molar-refractivity contribution >= 4 is 32.6 Å². The summed E-state index contributed by atoms with van der Waals surface area (Å²) in [6.07, 6.45) is 0. The van der Waals surface area contributed by atoms with Gasteiger partial charge >= 0.3 is 0 Å². The van der Waals surface area contributed by atoms with Gasteiger partial charge in [-0.15, -0.1) is 0 Å². The SMILES string of the molecule is Cc1ccc(S(=O)(=O)Nc2c(C(=O)N3CCOCC3)oc3ccccc23)cc1C. The van der Waals surface area contributed by atoms with Gasteiger partial charge in [-0.25, -0.2) is 8.42 Å². The summed E-state index contributed by atoms with van der Waals surface area (Å²) in [5.74, 6) is -0.372. The average Bonchev–Trinajstić information content (AvgIpc) is 3.08. The second kappa shape index (κ2) is 7.53. The number of rotatable bonds is 4. The summed E-state index contributed by atoms with van der Waals surface area (Å²) in [6.45, 7) is 5.51. The molecule has 4 rings (SSSR count). The monoisotopic (exact) mass is 414 g/mol. The highest BCUT2D eigenvalue weighted by atomic mass is 32.2. The van der Waals surface area contributed by atoms with Crippen LogP contribution in [0, 0.1) is 13.8 Å². The van der Waals surface area contributed by atoms with Crippen LogP contribution in [0.25, 0.3) is 11.0 Å². The minimum Gasteiger partial charge on any atom is -0.449 e. The molecule has 1 fully saturated rings. The van der Waals surface area contributed by atoms with E-state index in [0.29, 0.717) is 37.3 Å². The molecule has 2 heterocycles. The van der Waals surface area contributed by atoms with E-state index in [-0.39, 0.29) is 22.3 Å². The number of nitrogens with zero attached hydrogens (tertiary/aromatic N) is 1. The fourth-order valence-corrected chi connectivity index (χ4v) is 4.45. The van der Waals surface area contributed by atoms with E-state index in [0.717, 1.165) is 11.1 Å². The molecule has 1 N–H and O–H groups in total. The number of ether oxygens (including phenoxy) is 1. The van der Waals surface area contributed by atoms with Crippen LogP contribution in [-0.2, 0) is 14.8 Å². The molecule has 1 amide bonds. The molecule has 1 aliphatic heterocycles. The van der Waals surface area contributed by atoms with Crippen molar-refractivity contribution in [2.75, 3.05) is 31.0 Å². The number of anilines is 1. The molecule has 0 spiro atoms. The lowest BCUT2D eigenvalue weighted by atomic mass is 10.1. The number of fused-ring (bicyclic) bond motifs is 1. The van der Waals surface area contributed by atoms with E-state index < -0.39 is 10.0 Å². The fraction of sp³-hybridized carbons (Fsp3) is 0.286. The van der Waals surface area contributed by atoms with Gasteiger partial charge in [-0.3, -0.25) is 9.52 Å². The van der Waals surface area contributed by atoms with Crippen LogP contribution >= 0.6 is 0 Å². The molecule has 0 radical (unpaired) electrons. The molecule has 152 valence electrons. The lowest BCUT2D eigenvalue weighted by Gasteiger charge is -2.26. The highest BCUT2D eigenvalue weighted by molar-refractivity contribution is 7.92. The Morgan fingerprint density at radius 2 is 1.76 bits per heavy atom. The van der Waals surface area contributed by atoms with Crippen LogP contribution in [0.1, 0.15) is 21.7 Å². The molecule has 29 heavy (non-hydrogen) atoms. The molecule has 0 saturated carbocycles. The summed E-state index contributed by atoms with van der Waals surface area (Å²) in [4.78, 5) is 14.8. The molecule has 0 unspecified atom stereocenters. The Bertz CT molecular complexity index is 1180. The second-order valence-corrected chi connectivity index (χ2v) is 8.74. The molecule has 1 aromatic heterocycles. The molecule has 7 nitrogen and oxygen atoms in total. The number of sulfonamides is 1. The van der Waals surface area contributed by atoms with Gasteiger partial charge in [0.05, 0.1) is 18.1 Å². The summed E-state index contributed by atoms with van der Waals surface area (Å²) in [5, 5.41) is 0.538. The summed E-state index contributed by atoms with van der Waals surface area (Å²) in [5.41, 5.74) is 2.48. The van der Waals surface area contributed by atoms with Crippen molar-refractivity contribution in [2.45, 2.75) is 18.7 Å². The maximum Gasteiger partial charge on any atom is 0.291 e. The maximum atomic E-state index is 13.1. The smallest absolute Gasteiger partial charge is 0.291 e. The topological polar surface area (TPSA) is 88.9 Å². The number of carbonyl (C=O) groups excluding carboxylic acids is 1. The third-order valence-corrected chi connectivity index (χ3v) is 6.46. The van der Waals surface area contributed by atoms with Gasteiger partial charge in [0.25, 0.3) is 15.9 Å². The van der Waals surface area contributed by atoms with Crippen LogP contribution in [0.2, 0.25) is 0 Å². The number of morpholine rings is 1. The Balaban J connectivity index is 1.77. The summed E-state index contributed by atoms with van der Waals surface area (Å²) < 4.78 is 39.8. The average molecular weight is 414 g/mol. The van der Waals surface area contributed by atoms with Gasteiger partial charge in [0.2, 0.25) is 5.76 Å². The first-order chi connectivity index (χ1) is 13.9. The largest absolute Gasteiger partial charge is 0.449 e. The van der Waals surface area contributed by atoms with Gasteiger partial charge < -0.3 is 14.1 Å². The summed E-state index contributed by atoms with van der Waals surface area (Å²) >= 11 is 0. The lowest BCUT2D eigenvalue weighted by Crippen LogP contribution is -2.40. The first-order valence-electron chi connectivity index (χ1n) is 9.35. The van der Waals surface area contributed by atoms with Gasteiger partial charge in [-0.05, 0) is 49.2 Å². The van der Waals surface area contributed by atoms with Gasteiger partial charge in [-0.1, -0.05) is 18.2 Å². The van der Waals surface area contributed by atoms with E-state index in [1.54, 1.807) is 47.4 Å². The zero-order valence-corrected chi connectivity index (χ0v) is 17.1. The number of nitrogens with one attached hydrogen (secondary N) is 1. The predicted molar refractivity (Wildman–Crippen MR) is 110 cm³/mol. The third kappa shape index (κ3) is 3.73. The first kappa shape index (κ1) is 19.5. The molecular formula is C21H22N2O5S. The highest BCUT2D eigenvalue weighted by Crippen LogP contribution is 2.33. The van der Waals surface area contributed by atoms with Crippen LogP contribution in [0.3, 0.4) is 0 Å². The van der Waals surface area contributed by atoms with Crippen LogP contribution in [0.4, 0.5) is 5.69 Å². The molecular weight excluding hydrogens is 392 g/mol. The summed E-state index contributed by atoms with van der Waals surface area (Å²) in [7, 11) is -3.91. The van der Waals surface area contributed by atoms with E-state index in [1.165, 1.54) is 0 Å². The van der Waals surface area contributed by atoms with Crippen molar-refractivity contribution in [1.29, 1.82) is 0 Å². The molecule has 0 atom stereocenters. The Kier molecular flexibility index (Phi) is 5.06. The Labute approximate surface area is 169 Å². The van der Waals surface area contributed by atoms with E-state index in [9.17, 15) is 13.2 Å². The zero-order valence-electron chi connectivity index (χ0n) is 16.3. The molecule has 3 aromatic rings. The number of amides is 1. The molecule has 0 bridgehead atoms. The van der Waals surface area contributed by atoms with E-state index >= 15 is 0 Å². The van der Waals surface area contributed by atoms with Crippen LogP contribution < -0.4 is 4.72 Å². The quantitative estimate of drug-likeness (QED) is 0.707. The Hall–Kier alpha value is -2.84. The van der Waals surface area contributed by atoms with Crippen molar-refractivity contribution in [3.63, 3.8) is 0 Å². The van der Waals surface area contributed by atoms with Gasteiger partial charge in [0.1, 0.15) is 11.3 Å². The zero-order chi connectivity index (χ0) is 20.6. The lowest BCUT2D eigenvalue weighted by molar-refractivity contribution is 0.0285. The number of hydrogen-bond donors (Lipinski definition) is 1. The number of aryl methyl sites for hydroxylation is 2. The van der Waals surface area contributed by atoms with E-state index in [4.69, 9.17) is 9.15 Å². The van der Waals surface area contributed by atoms with E-state index in [1.807, 2.05) is 13.8 Å². The Morgan fingerprint density at radius 3 is 2.48 bits per heavy atom. The normalized spacial score (nSPS) is 14.9. The van der Waals surface area contributed by atoms with Gasteiger partial charge in [0.15, 0.2) is 0 Å². The van der Waals surface area contributed by atoms with E-state index in [2.05, 4.69) is 4.72 Å². The maximum absolute atomic E-state index is 13.1. The fourth-order valence-electron chi connectivity index (χ4n) is 3.28. The standard InChI is InChI=1S/C21H22N2O5S/c1-14-7-8-16(13-15(14)2)29(25,26)22-19-17-5-3-4-6-18(17)28-20(19)21(24)23-9-11-27-12-10-23/h3-8,13,22H,9-12H2,1-2H3. The molecule has 0 aliphatic carbocycles. The molecule has 1 aliphatic rings. The van der Waals surface area contributed by atoms with Crippen LogP contribution in [0.15, 0.2) is 51.8 Å². The first-order valence-corrected chi connectivity index (χ1v) is 10.8. The minimum atomic E-state index is -3.91. The molecule has 8 heteroatoms. The van der Waals surface area contributed by atoms with Crippen molar-refractivity contribution in [3.05, 3.63) is 59.4 Å². The third-order valence-electron chi connectivity index (χ3n) is 5.11. The number of para-hydroxylation sites is 1. The van der Waals surface area contributed by atoms with Gasteiger partial charge in [0, 0.05) is 18.5 Å². The number of benzene rings is 2. The highest BCUT2D eigenvalue weighted by Gasteiger charge is 2.29. The number of furan rings is 1. The number of hydrogen-bond acceptors (Lipinski definition) is 5. The number of carbonyl (C=O) groups is 1. The molecule has 2 aromatic carbocycles. The second-order valence-electron chi connectivity index (χ2n) is 7.06. The Morgan fingerprint density at radius 1 is 1.03 bits per heavy atom. The van der Waals surface area contributed by atoms with Crippen molar-refractivity contribution in [2.24, 2.45) is 0 Å². The van der Waals surface area contributed by atoms with Crippen molar-refractivity contribution in [1.82, 2.24) is 4.90 Å². The predicted octanol–water partition coefficient (Wildman–Crippen LogP) is 3.32. The minimum absolute atomic E-state index is 0.0134. The van der Waals surface area contributed by atoms with Crippen LogP contribution in [-0.4, -0.2) is 45.5 Å².